The Morgan fingerprint density at radius 3 is 2.57 bits per heavy atom. The molecule has 0 spiro atoms. The summed E-state index contributed by atoms with van der Waals surface area (Å²) in [5, 5.41) is 14.6. The zero-order chi connectivity index (χ0) is 21.1. The predicted molar refractivity (Wildman–Crippen MR) is 124 cm³/mol. The molecule has 0 aliphatic rings. The highest BCUT2D eigenvalue weighted by molar-refractivity contribution is 6.07. The van der Waals surface area contributed by atoms with Crippen LogP contribution in [-0.2, 0) is 0 Å². The monoisotopic (exact) mass is 406 g/mol. The van der Waals surface area contributed by atoms with Gasteiger partial charge < -0.3 is 15.3 Å². The average molecular weight is 407 g/mol. The smallest absolute Gasteiger partial charge is 0.199 e. The van der Waals surface area contributed by atoms with Crippen LogP contribution in [0.4, 0.5) is 5.69 Å². The zero-order valence-corrected chi connectivity index (χ0v) is 17.8. The molecule has 158 valence electrons. The molecule has 2 N–H and O–H groups in total. The Kier molecular flexibility index (Phi) is 6.04. The topological polar surface area (TPSA) is 69.9 Å². The molecule has 0 bridgehead atoms. The molecule has 0 aliphatic carbocycles. The van der Waals surface area contributed by atoms with Crippen molar-refractivity contribution in [2.24, 2.45) is 0 Å². The van der Waals surface area contributed by atoms with Crippen molar-refractivity contribution in [1.29, 1.82) is 0 Å². The van der Waals surface area contributed by atoms with Crippen molar-refractivity contribution in [2.75, 3.05) is 31.5 Å². The zero-order valence-electron chi connectivity index (χ0n) is 17.8. The molecule has 0 fully saturated rings. The van der Waals surface area contributed by atoms with Crippen molar-refractivity contribution < 1.29 is 5.11 Å². The maximum atomic E-state index is 13.3. The van der Waals surface area contributed by atoms with Crippen LogP contribution < -0.4 is 10.7 Å². The number of imidazole rings is 1. The van der Waals surface area contributed by atoms with Gasteiger partial charge in [0.25, 0.3) is 0 Å². The van der Waals surface area contributed by atoms with Crippen LogP contribution in [0.25, 0.3) is 27.3 Å². The molecule has 0 amide bonds. The number of hydrogen-bond donors (Lipinski definition) is 2. The number of anilines is 1. The summed E-state index contributed by atoms with van der Waals surface area (Å²) in [5.74, 6) is 0.0924. The molecule has 0 unspecified atom stereocenters. The van der Waals surface area contributed by atoms with E-state index in [0.717, 1.165) is 48.4 Å². The number of nitrogens with one attached hydrogen (secondary N) is 1. The molecule has 0 atom stereocenters. The van der Waals surface area contributed by atoms with Gasteiger partial charge >= 0.3 is 0 Å². The summed E-state index contributed by atoms with van der Waals surface area (Å²) < 4.78 is 1.95. The Morgan fingerprint density at radius 2 is 1.83 bits per heavy atom. The lowest BCUT2D eigenvalue weighted by molar-refractivity contribution is 0.275. The normalized spacial score (nSPS) is 12.0. The van der Waals surface area contributed by atoms with Gasteiger partial charge in [-0.15, -0.1) is 0 Å². The van der Waals surface area contributed by atoms with Gasteiger partial charge in [-0.25, -0.2) is 4.98 Å². The Bertz CT molecular complexity index is 1190. The van der Waals surface area contributed by atoms with Gasteiger partial charge in [0, 0.05) is 18.8 Å². The third-order valence-electron chi connectivity index (χ3n) is 5.82. The number of unbranched alkanes of at least 4 members (excludes halogenated alkanes) is 2. The summed E-state index contributed by atoms with van der Waals surface area (Å²) in [6.07, 6.45) is 6.55. The maximum absolute atomic E-state index is 13.3. The molecule has 2 heterocycles. The second-order valence-electron chi connectivity index (χ2n) is 7.98. The van der Waals surface area contributed by atoms with Crippen LogP contribution >= 0.6 is 0 Å². The molecule has 2 aromatic heterocycles. The summed E-state index contributed by atoms with van der Waals surface area (Å²) in [4.78, 5) is 20.3. The first kappa shape index (κ1) is 20.4. The lowest BCUT2D eigenvalue weighted by Gasteiger charge is -2.22. The number of pyridine rings is 1. The van der Waals surface area contributed by atoms with E-state index in [1.54, 1.807) is 24.5 Å². The second kappa shape index (κ2) is 8.88. The third-order valence-corrected chi connectivity index (χ3v) is 5.82. The fraction of sp³-hybridized carbons (Fsp3) is 0.417. The number of hydrogen-bond acceptors (Lipinski definition) is 5. The van der Waals surface area contributed by atoms with Crippen LogP contribution in [0.15, 0.2) is 41.5 Å². The van der Waals surface area contributed by atoms with Crippen molar-refractivity contribution >= 4 is 33.0 Å². The molecule has 6 heteroatoms. The van der Waals surface area contributed by atoms with E-state index in [1.807, 2.05) is 16.5 Å². The van der Waals surface area contributed by atoms with E-state index in [-0.39, 0.29) is 11.2 Å². The lowest BCUT2D eigenvalue weighted by atomic mass is 10.1. The van der Waals surface area contributed by atoms with Gasteiger partial charge in [-0.3, -0.25) is 9.20 Å². The summed E-state index contributed by atoms with van der Waals surface area (Å²) in [5.41, 5.74) is 3.15. The van der Waals surface area contributed by atoms with Gasteiger partial charge in [-0.2, -0.15) is 0 Å². The van der Waals surface area contributed by atoms with Gasteiger partial charge in [-0.05, 0) is 56.3 Å². The number of phenols is 1. The van der Waals surface area contributed by atoms with Gasteiger partial charge in [0.2, 0.25) is 0 Å². The summed E-state index contributed by atoms with van der Waals surface area (Å²) >= 11 is 0. The standard InChI is InChI=1S/C24H30N4O2/c1-3-5-12-27(13-6-4-2)14-11-25-19-8-9-20-23-22(19)24(30)18-15-17(29)7-10-21(18)28(23)16-26-20/h7-10,15-16,25,29H,3-6,11-14H2,1-2H3. The van der Waals surface area contributed by atoms with Gasteiger partial charge in [0.1, 0.15) is 12.1 Å². The fourth-order valence-electron chi connectivity index (χ4n) is 4.16. The Hall–Kier alpha value is -2.86. The lowest BCUT2D eigenvalue weighted by Crippen LogP contribution is -2.31. The quantitative estimate of drug-likeness (QED) is 0.381. The predicted octanol–water partition coefficient (Wildman–Crippen LogP) is 4.46. The van der Waals surface area contributed by atoms with Crippen LogP contribution in [0.3, 0.4) is 0 Å². The molecule has 6 nitrogen and oxygen atoms in total. The van der Waals surface area contributed by atoms with Crippen molar-refractivity contribution in [3.63, 3.8) is 0 Å². The minimum atomic E-state index is -0.0733. The highest BCUT2D eigenvalue weighted by Gasteiger charge is 2.17. The van der Waals surface area contributed by atoms with E-state index in [4.69, 9.17) is 0 Å². The molecule has 2 aromatic carbocycles. The maximum Gasteiger partial charge on any atom is 0.199 e. The van der Waals surface area contributed by atoms with Crippen LogP contribution in [0, 0.1) is 0 Å². The molecular formula is C24H30N4O2. The van der Waals surface area contributed by atoms with Crippen LogP contribution in [-0.4, -0.2) is 45.6 Å². The van der Waals surface area contributed by atoms with Crippen LogP contribution in [0.5, 0.6) is 5.75 Å². The van der Waals surface area contributed by atoms with Crippen LogP contribution in [0.1, 0.15) is 39.5 Å². The minimum absolute atomic E-state index is 0.0733. The first-order valence-electron chi connectivity index (χ1n) is 11.0. The number of benzene rings is 2. The summed E-state index contributed by atoms with van der Waals surface area (Å²) in [6.45, 7) is 8.40. The van der Waals surface area contributed by atoms with Crippen molar-refractivity contribution in [3.8, 4) is 5.75 Å². The number of aromatic hydroxyl groups is 1. The average Bonchev–Trinajstić information content (AvgIpc) is 3.18. The van der Waals surface area contributed by atoms with E-state index < -0.39 is 0 Å². The second-order valence-corrected chi connectivity index (χ2v) is 7.98. The van der Waals surface area contributed by atoms with E-state index in [9.17, 15) is 9.90 Å². The van der Waals surface area contributed by atoms with Crippen molar-refractivity contribution in [2.45, 2.75) is 39.5 Å². The SMILES string of the molecule is CCCCN(CCCC)CCNc1ccc2ncn3c4ccc(O)cc4c(=O)c1c23. The largest absolute Gasteiger partial charge is 0.508 e. The van der Waals surface area contributed by atoms with E-state index in [0.29, 0.717) is 10.8 Å². The summed E-state index contributed by atoms with van der Waals surface area (Å²) in [6, 6.07) is 8.82. The van der Waals surface area contributed by atoms with Gasteiger partial charge in [0.05, 0.1) is 27.3 Å². The number of fused-ring (bicyclic) bond motifs is 2. The van der Waals surface area contributed by atoms with Crippen molar-refractivity contribution in [1.82, 2.24) is 14.3 Å². The molecule has 0 saturated heterocycles. The number of aromatic nitrogens is 2. The van der Waals surface area contributed by atoms with Crippen LogP contribution in [0.2, 0.25) is 0 Å². The molecular weight excluding hydrogens is 376 g/mol. The Labute approximate surface area is 176 Å². The van der Waals surface area contributed by atoms with Gasteiger partial charge in [-0.1, -0.05) is 26.7 Å². The molecule has 4 rings (SSSR count). The highest BCUT2D eigenvalue weighted by atomic mass is 16.3. The number of phenolic OH excluding ortho intramolecular Hbond substituents is 1. The molecule has 0 aliphatic heterocycles. The molecule has 4 aromatic rings. The molecule has 30 heavy (non-hydrogen) atoms. The van der Waals surface area contributed by atoms with Gasteiger partial charge in [0.15, 0.2) is 5.43 Å². The third kappa shape index (κ3) is 3.79. The Morgan fingerprint density at radius 1 is 1.07 bits per heavy atom. The van der Waals surface area contributed by atoms with E-state index in [1.165, 1.54) is 25.7 Å². The van der Waals surface area contributed by atoms with E-state index in [2.05, 4.69) is 29.0 Å². The first-order chi connectivity index (χ1) is 14.6. The number of nitrogens with zero attached hydrogens (tertiary/aromatic N) is 3. The molecule has 0 saturated carbocycles. The molecule has 0 radical (unpaired) electrons. The minimum Gasteiger partial charge on any atom is -0.508 e. The van der Waals surface area contributed by atoms with E-state index >= 15 is 0 Å². The highest BCUT2D eigenvalue weighted by Crippen LogP contribution is 2.29. The first-order valence-corrected chi connectivity index (χ1v) is 11.0. The van der Waals surface area contributed by atoms with Crippen molar-refractivity contribution in [3.05, 3.63) is 46.9 Å². The number of rotatable bonds is 10. The summed E-state index contributed by atoms with van der Waals surface area (Å²) in [7, 11) is 0. The Balaban J connectivity index is 1.66. The fourth-order valence-corrected chi connectivity index (χ4v) is 4.16.